The first kappa shape index (κ1) is 20.5. The van der Waals surface area contributed by atoms with Crippen LogP contribution in [0.25, 0.3) is 0 Å². The Hall–Kier alpha value is -2.77. The van der Waals surface area contributed by atoms with Crippen LogP contribution < -0.4 is 4.74 Å². The smallest absolute Gasteiger partial charge is 0.173 e. The largest absolute Gasteiger partial charge is 0.494 e. The lowest BCUT2D eigenvalue weighted by atomic mass is 10.0. The molecular formula is C23H30N6O. The van der Waals surface area contributed by atoms with Crippen molar-refractivity contribution in [1.29, 1.82) is 0 Å². The maximum Gasteiger partial charge on any atom is 0.173 e. The van der Waals surface area contributed by atoms with Gasteiger partial charge in [-0.25, -0.2) is 4.68 Å². The van der Waals surface area contributed by atoms with Gasteiger partial charge in [0.1, 0.15) is 5.75 Å². The summed E-state index contributed by atoms with van der Waals surface area (Å²) in [6.45, 7) is 10.7. The summed E-state index contributed by atoms with van der Waals surface area (Å²) in [6, 6.07) is 18.7. The summed E-state index contributed by atoms with van der Waals surface area (Å²) in [4.78, 5) is 4.98. The van der Waals surface area contributed by atoms with Crippen LogP contribution in [0.1, 0.15) is 36.8 Å². The first-order valence-corrected chi connectivity index (χ1v) is 10.8. The van der Waals surface area contributed by atoms with E-state index in [2.05, 4.69) is 56.5 Å². The normalized spacial score (nSPS) is 16.5. The maximum atomic E-state index is 5.64. The molecule has 0 aliphatic carbocycles. The standard InChI is InChI=1S/C23H30N6O/c1-3-27-14-16-28(17-15-27)22(20-10-12-21(13-11-20)30-4-2)23-24-25-26-29(23)18-19-8-6-5-7-9-19/h5-13,22H,3-4,14-18H2,1-2H3/t22-/m0/s1. The topological polar surface area (TPSA) is 59.3 Å². The van der Waals surface area contributed by atoms with Gasteiger partial charge >= 0.3 is 0 Å². The molecule has 1 aliphatic heterocycles. The molecule has 0 radical (unpaired) electrons. The van der Waals surface area contributed by atoms with Crippen molar-refractivity contribution in [3.05, 3.63) is 71.5 Å². The summed E-state index contributed by atoms with van der Waals surface area (Å²) >= 11 is 0. The Balaban J connectivity index is 1.65. The van der Waals surface area contributed by atoms with E-state index in [9.17, 15) is 0 Å². The van der Waals surface area contributed by atoms with Gasteiger partial charge in [-0.2, -0.15) is 0 Å². The molecule has 0 bridgehead atoms. The molecule has 1 atom stereocenters. The van der Waals surface area contributed by atoms with Crippen LogP contribution in [0.2, 0.25) is 0 Å². The number of piperazine rings is 1. The first-order valence-electron chi connectivity index (χ1n) is 10.8. The van der Waals surface area contributed by atoms with Crippen molar-refractivity contribution in [1.82, 2.24) is 30.0 Å². The molecule has 4 rings (SSSR count). The number of hydrogen-bond donors (Lipinski definition) is 0. The first-order chi connectivity index (χ1) is 14.8. The second-order valence-corrected chi connectivity index (χ2v) is 7.56. The monoisotopic (exact) mass is 406 g/mol. The van der Waals surface area contributed by atoms with E-state index in [1.807, 2.05) is 41.9 Å². The number of ether oxygens (including phenoxy) is 1. The number of rotatable bonds is 8. The highest BCUT2D eigenvalue weighted by Gasteiger charge is 2.30. The van der Waals surface area contributed by atoms with Crippen LogP contribution in [0.15, 0.2) is 54.6 Å². The van der Waals surface area contributed by atoms with E-state index in [0.29, 0.717) is 13.2 Å². The number of tetrazole rings is 1. The molecule has 2 aromatic carbocycles. The zero-order valence-corrected chi connectivity index (χ0v) is 17.8. The number of likely N-dealkylation sites (N-methyl/N-ethyl adjacent to an activating group) is 1. The minimum atomic E-state index is 0.0124. The lowest BCUT2D eigenvalue weighted by Gasteiger charge is -2.38. The SMILES string of the molecule is CCOc1ccc([C@@H](c2nnnn2Cc2ccccc2)N2CCN(CC)CC2)cc1. The van der Waals surface area contributed by atoms with Crippen LogP contribution in [0.5, 0.6) is 5.75 Å². The van der Waals surface area contributed by atoms with Gasteiger partial charge < -0.3 is 9.64 Å². The van der Waals surface area contributed by atoms with Crippen LogP contribution in [-0.4, -0.2) is 69.3 Å². The lowest BCUT2D eigenvalue weighted by Crippen LogP contribution is -2.48. The summed E-state index contributed by atoms with van der Waals surface area (Å²) < 4.78 is 7.58. The van der Waals surface area contributed by atoms with Crippen LogP contribution in [0, 0.1) is 0 Å². The van der Waals surface area contributed by atoms with Gasteiger partial charge in [-0.3, -0.25) is 4.90 Å². The van der Waals surface area contributed by atoms with Crippen molar-refractivity contribution in [3.8, 4) is 5.75 Å². The fraction of sp³-hybridized carbons (Fsp3) is 0.435. The average molecular weight is 407 g/mol. The zero-order chi connectivity index (χ0) is 20.8. The number of hydrogen-bond acceptors (Lipinski definition) is 6. The predicted octanol–water partition coefficient (Wildman–Crippen LogP) is 2.85. The Labute approximate surface area is 178 Å². The molecule has 1 aromatic heterocycles. The summed E-state index contributed by atoms with van der Waals surface area (Å²) in [5.41, 5.74) is 2.37. The van der Waals surface area contributed by atoms with E-state index >= 15 is 0 Å². The van der Waals surface area contributed by atoms with Crippen molar-refractivity contribution >= 4 is 0 Å². The molecule has 1 aliphatic rings. The van der Waals surface area contributed by atoms with Crippen molar-refractivity contribution in [2.45, 2.75) is 26.4 Å². The number of benzene rings is 2. The predicted molar refractivity (Wildman–Crippen MR) is 117 cm³/mol. The number of aromatic nitrogens is 4. The van der Waals surface area contributed by atoms with Gasteiger partial charge in [-0.1, -0.05) is 49.4 Å². The van der Waals surface area contributed by atoms with E-state index in [-0.39, 0.29) is 6.04 Å². The van der Waals surface area contributed by atoms with E-state index < -0.39 is 0 Å². The fourth-order valence-electron chi connectivity index (χ4n) is 4.05. The average Bonchev–Trinajstić information content (AvgIpc) is 3.24. The third kappa shape index (κ3) is 4.68. The summed E-state index contributed by atoms with van der Waals surface area (Å²) in [6.07, 6.45) is 0. The number of nitrogens with zero attached hydrogens (tertiary/aromatic N) is 6. The Kier molecular flexibility index (Phi) is 6.71. The molecule has 158 valence electrons. The van der Waals surface area contributed by atoms with Crippen LogP contribution in [-0.2, 0) is 6.54 Å². The highest BCUT2D eigenvalue weighted by Crippen LogP contribution is 2.29. The molecule has 1 fully saturated rings. The summed E-state index contributed by atoms with van der Waals surface area (Å²) in [5.74, 6) is 1.77. The second kappa shape index (κ2) is 9.82. The van der Waals surface area contributed by atoms with E-state index in [1.165, 1.54) is 11.1 Å². The molecule has 7 heteroatoms. The molecule has 0 spiro atoms. The maximum absolute atomic E-state index is 5.64. The third-order valence-corrected chi connectivity index (χ3v) is 5.71. The van der Waals surface area contributed by atoms with Crippen LogP contribution in [0.4, 0.5) is 0 Å². The molecule has 3 aromatic rings. The fourth-order valence-corrected chi connectivity index (χ4v) is 4.05. The van der Waals surface area contributed by atoms with Crippen molar-refractivity contribution in [2.24, 2.45) is 0 Å². The third-order valence-electron chi connectivity index (χ3n) is 5.71. The van der Waals surface area contributed by atoms with Gasteiger partial charge in [0, 0.05) is 26.2 Å². The Morgan fingerprint density at radius 1 is 0.933 bits per heavy atom. The molecule has 30 heavy (non-hydrogen) atoms. The molecular weight excluding hydrogens is 376 g/mol. The molecule has 7 nitrogen and oxygen atoms in total. The van der Waals surface area contributed by atoms with Gasteiger partial charge in [-0.05, 0) is 47.2 Å². The Bertz CT molecular complexity index is 903. The van der Waals surface area contributed by atoms with Gasteiger partial charge in [0.2, 0.25) is 0 Å². The Morgan fingerprint density at radius 3 is 2.33 bits per heavy atom. The van der Waals surface area contributed by atoms with Crippen LogP contribution in [0.3, 0.4) is 0 Å². The minimum absolute atomic E-state index is 0.0124. The summed E-state index contributed by atoms with van der Waals surface area (Å²) in [5, 5.41) is 12.8. The summed E-state index contributed by atoms with van der Waals surface area (Å²) in [7, 11) is 0. The van der Waals surface area contributed by atoms with Crippen molar-refractivity contribution in [3.63, 3.8) is 0 Å². The molecule has 0 unspecified atom stereocenters. The Morgan fingerprint density at radius 2 is 1.67 bits per heavy atom. The second-order valence-electron chi connectivity index (χ2n) is 7.56. The zero-order valence-electron chi connectivity index (χ0n) is 17.8. The van der Waals surface area contributed by atoms with Gasteiger partial charge in [0.05, 0.1) is 19.2 Å². The van der Waals surface area contributed by atoms with Crippen molar-refractivity contribution < 1.29 is 4.74 Å². The lowest BCUT2D eigenvalue weighted by molar-refractivity contribution is 0.108. The molecule has 0 saturated carbocycles. The molecule has 2 heterocycles. The van der Waals surface area contributed by atoms with Gasteiger partial charge in [0.15, 0.2) is 5.82 Å². The van der Waals surface area contributed by atoms with Gasteiger partial charge in [-0.15, -0.1) is 5.10 Å². The highest BCUT2D eigenvalue weighted by atomic mass is 16.5. The molecule has 0 amide bonds. The van der Waals surface area contributed by atoms with E-state index in [1.54, 1.807) is 0 Å². The minimum Gasteiger partial charge on any atom is -0.494 e. The highest BCUT2D eigenvalue weighted by molar-refractivity contribution is 5.32. The van der Waals surface area contributed by atoms with Crippen molar-refractivity contribution in [2.75, 3.05) is 39.3 Å². The molecule has 0 N–H and O–H groups in total. The van der Waals surface area contributed by atoms with E-state index in [0.717, 1.165) is 44.3 Å². The van der Waals surface area contributed by atoms with E-state index in [4.69, 9.17) is 4.74 Å². The molecule has 1 saturated heterocycles. The quantitative estimate of drug-likeness (QED) is 0.573. The van der Waals surface area contributed by atoms with Crippen LogP contribution >= 0.6 is 0 Å². The van der Waals surface area contributed by atoms with Gasteiger partial charge in [0.25, 0.3) is 0 Å².